The van der Waals surface area contributed by atoms with Crippen LogP contribution in [0.15, 0.2) is 48.5 Å². The van der Waals surface area contributed by atoms with Crippen LogP contribution in [0, 0.1) is 0 Å². The van der Waals surface area contributed by atoms with Crippen LogP contribution in [0.2, 0.25) is 0 Å². The largest absolute Gasteiger partial charge is 0.489 e. The Labute approximate surface area is 179 Å². The molecule has 0 aromatic heterocycles. The number of nitrogen functional groups attached to an aromatic ring is 1. The number of likely N-dealkylation sites (tertiary alicyclic amines) is 1. The van der Waals surface area contributed by atoms with Crippen LogP contribution in [0.5, 0.6) is 5.75 Å². The van der Waals surface area contributed by atoms with Crippen LogP contribution in [-0.2, 0) is 17.9 Å². The number of nitrogens with two attached hydrogens (primary N) is 1. The Balaban J connectivity index is 1.53. The number of ether oxygens (including phenoxy) is 2. The number of benzene rings is 2. The lowest BCUT2D eigenvalue weighted by atomic mass is 10.0. The van der Waals surface area contributed by atoms with E-state index in [0.29, 0.717) is 6.61 Å². The van der Waals surface area contributed by atoms with E-state index in [2.05, 4.69) is 22.3 Å². The van der Waals surface area contributed by atoms with Gasteiger partial charge >= 0.3 is 6.09 Å². The molecule has 0 unspecified atom stereocenters. The van der Waals surface area contributed by atoms with Crippen LogP contribution in [-0.4, -0.2) is 35.7 Å². The molecule has 1 fully saturated rings. The summed E-state index contributed by atoms with van der Waals surface area (Å²) in [5.41, 5.74) is 8.51. The standard InChI is InChI=1S/C24H33N3O3/c1-24(2,3)30-23(28)26-21-11-13-27(14-12-21)16-19-15-20(25)9-10-22(19)29-17-18-7-5-4-6-8-18/h4-10,15,21H,11-14,16-17,25H2,1-3H3,(H,26,28). The van der Waals surface area contributed by atoms with Crippen LogP contribution < -0.4 is 15.8 Å². The highest BCUT2D eigenvalue weighted by Gasteiger charge is 2.24. The second-order valence-corrected chi connectivity index (χ2v) is 8.84. The van der Waals surface area contributed by atoms with Crippen molar-refractivity contribution in [1.29, 1.82) is 0 Å². The van der Waals surface area contributed by atoms with E-state index in [0.717, 1.165) is 55.0 Å². The molecule has 0 spiro atoms. The fourth-order valence-electron chi connectivity index (χ4n) is 3.55. The molecule has 6 heteroatoms. The van der Waals surface area contributed by atoms with Gasteiger partial charge in [-0.05, 0) is 57.4 Å². The Hall–Kier alpha value is -2.73. The van der Waals surface area contributed by atoms with Gasteiger partial charge in [-0.3, -0.25) is 4.90 Å². The molecule has 30 heavy (non-hydrogen) atoms. The summed E-state index contributed by atoms with van der Waals surface area (Å²) >= 11 is 0. The average molecular weight is 412 g/mol. The Morgan fingerprint density at radius 1 is 1.13 bits per heavy atom. The molecule has 162 valence electrons. The summed E-state index contributed by atoms with van der Waals surface area (Å²) < 4.78 is 11.4. The molecule has 2 aromatic carbocycles. The molecule has 1 aliphatic heterocycles. The highest BCUT2D eigenvalue weighted by atomic mass is 16.6. The number of alkyl carbamates (subject to hydrolysis) is 1. The minimum Gasteiger partial charge on any atom is -0.489 e. The number of carbonyl (C=O) groups is 1. The van der Waals surface area contributed by atoms with Crippen LogP contribution in [0.3, 0.4) is 0 Å². The lowest BCUT2D eigenvalue weighted by Crippen LogP contribution is -2.45. The number of nitrogens with zero attached hydrogens (tertiary/aromatic N) is 1. The number of piperidine rings is 1. The number of hydrogen-bond acceptors (Lipinski definition) is 5. The van der Waals surface area contributed by atoms with Gasteiger partial charge in [0.05, 0.1) is 0 Å². The van der Waals surface area contributed by atoms with Crippen molar-refractivity contribution >= 4 is 11.8 Å². The molecule has 6 nitrogen and oxygen atoms in total. The zero-order chi connectivity index (χ0) is 21.6. The maximum atomic E-state index is 12.0. The Morgan fingerprint density at radius 3 is 2.50 bits per heavy atom. The topological polar surface area (TPSA) is 76.8 Å². The van der Waals surface area contributed by atoms with Crippen molar-refractivity contribution < 1.29 is 14.3 Å². The van der Waals surface area contributed by atoms with E-state index in [9.17, 15) is 4.79 Å². The minimum absolute atomic E-state index is 0.144. The van der Waals surface area contributed by atoms with Gasteiger partial charge in [0.1, 0.15) is 18.0 Å². The molecule has 0 aliphatic carbocycles. The van der Waals surface area contributed by atoms with Crippen molar-refractivity contribution in [2.24, 2.45) is 0 Å². The monoisotopic (exact) mass is 411 g/mol. The maximum absolute atomic E-state index is 12.0. The second kappa shape index (κ2) is 9.85. The summed E-state index contributed by atoms with van der Waals surface area (Å²) in [5.74, 6) is 0.863. The molecule has 3 rings (SSSR count). The first-order chi connectivity index (χ1) is 14.3. The van der Waals surface area contributed by atoms with Crippen LogP contribution >= 0.6 is 0 Å². The van der Waals surface area contributed by atoms with Crippen molar-refractivity contribution in [3.63, 3.8) is 0 Å². The summed E-state index contributed by atoms with van der Waals surface area (Å²) in [4.78, 5) is 14.4. The van der Waals surface area contributed by atoms with Gasteiger partial charge in [-0.15, -0.1) is 0 Å². The number of nitrogens with one attached hydrogen (secondary N) is 1. The lowest BCUT2D eigenvalue weighted by molar-refractivity contribution is 0.0477. The number of amides is 1. The van der Waals surface area contributed by atoms with Gasteiger partial charge in [0, 0.05) is 36.9 Å². The average Bonchev–Trinajstić information content (AvgIpc) is 2.68. The molecule has 0 radical (unpaired) electrons. The molecule has 0 saturated carbocycles. The summed E-state index contributed by atoms with van der Waals surface area (Å²) in [6.07, 6.45) is 1.44. The fraction of sp³-hybridized carbons (Fsp3) is 0.458. The van der Waals surface area contributed by atoms with Gasteiger partial charge in [-0.25, -0.2) is 4.79 Å². The van der Waals surface area contributed by atoms with Crippen LogP contribution in [0.25, 0.3) is 0 Å². The van der Waals surface area contributed by atoms with E-state index >= 15 is 0 Å². The first-order valence-electron chi connectivity index (χ1n) is 10.6. The van der Waals surface area contributed by atoms with Crippen LogP contribution in [0.1, 0.15) is 44.7 Å². The minimum atomic E-state index is -0.478. The second-order valence-electron chi connectivity index (χ2n) is 8.84. The first kappa shape index (κ1) is 22.0. The normalized spacial score (nSPS) is 15.6. The molecular formula is C24H33N3O3. The summed E-state index contributed by atoms with van der Waals surface area (Å²) in [6.45, 7) is 8.71. The number of rotatable bonds is 6. The molecule has 3 N–H and O–H groups in total. The lowest BCUT2D eigenvalue weighted by Gasteiger charge is -2.33. The third kappa shape index (κ3) is 6.95. The highest BCUT2D eigenvalue weighted by molar-refractivity contribution is 5.68. The number of hydrogen-bond donors (Lipinski definition) is 2. The molecular weight excluding hydrogens is 378 g/mol. The zero-order valence-corrected chi connectivity index (χ0v) is 18.2. The smallest absolute Gasteiger partial charge is 0.407 e. The van der Waals surface area contributed by atoms with Gasteiger partial charge < -0.3 is 20.5 Å². The molecule has 2 aromatic rings. The SMILES string of the molecule is CC(C)(C)OC(=O)NC1CCN(Cc2cc(N)ccc2OCc2ccccc2)CC1. The van der Waals surface area contributed by atoms with Crippen molar-refractivity contribution in [2.45, 2.75) is 58.4 Å². The van der Waals surface area contributed by atoms with E-state index < -0.39 is 5.60 Å². The third-order valence-corrected chi connectivity index (χ3v) is 5.02. The summed E-state index contributed by atoms with van der Waals surface area (Å²) in [7, 11) is 0. The number of carbonyl (C=O) groups excluding carboxylic acids is 1. The molecule has 1 heterocycles. The Kier molecular flexibility index (Phi) is 7.21. The van der Waals surface area contributed by atoms with Gasteiger partial charge in [0.15, 0.2) is 0 Å². The molecule has 1 aliphatic rings. The third-order valence-electron chi connectivity index (χ3n) is 5.02. The Morgan fingerprint density at radius 2 is 1.83 bits per heavy atom. The van der Waals surface area contributed by atoms with Gasteiger partial charge in [0.2, 0.25) is 0 Å². The van der Waals surface area contributed by atoms with Crippen molar-refractivity contribution in [3.05, 3.63) is 59.7 Å². The molecule has 1 saturated heterocycles. The van der Waals surface area contributed by atoms with Crippen molar-refractivity contribution in [1.82, 2.24) is 10.2 Å². The van der Waals surface area contributed by atoms with Crippen LogP contribution in [0.4, 0.5) is 10.5 Å². The van der Waals surface area contributed by atoms with E-state index in [1.807, 2.05) is 57.2 Å². The zero-order valence-electron chi connectivity index (χ0n) is 18.2. The summed E-state index contributed by atoms with van der Waals surface area (Å²) in [6, 6.07) is 16.1. The van der Waals surface area contributed by atoms with E-state index in [1.165, 1.54) is 0 Å². The van der Waals surface area contributed by atoms with Gasteiger partial charge in [0.25, 0.3) is 0 Å². The molecule has 0 bridgehead atoms. The van der Waals surface area contributed by atoms with Crippen molar-refractivity contribution in [2.75, 3.05) is 18.8 Å². The maximum Gasteiger partial charge on any atom is 0.407 e. The van der Waals surface area contributed by atoms with E-state index in [1.54, 1.807) is 0 Å². The van der Waals surface area contributed by atoms with Gasteiger partial charge in [-0.1, -0.05) is 30.3 Å². The predicted molar refractivity (Wildman–Crippen MR) is 119 cm³/mol. The highest BCUT2D eigenvalue weighted by Crippen LogP contribution is 2.25. The Bertz CT molecular complexity index is 825. The van der Waals surface area contributed by atoms with E-state index in [-0.39, 0.29) is 12.1 Å². The first-order valence-corrected chi connectivity index (χ1v) is 10.6. The quantitative estimate of drug-likeness (QED) is 0.692. The summed E-state index contributed by atoms with van der Waals surface area (Å²) in [5, 5.41) is 2.99. The van der Waals surface area contributed by atoms with Gasteiger partial charge in [-0.2, -0.15) is 0 Å². The number of anilines is 1. The predicted octanol–water partition coefficient (Wildman–Crippen LogP) is 4.34. The molecule has 0 atom stereocenters. The molecule has 1 amide bonds. The van der Waals surface area contributed by atoms with Crippen molar-refractivity contribution in [3.8, 4) is 5.75 Å². The van der Waals surface area contributed by atoms with E-state index in [4.69, 9.17) is 15.2 Å². The fourth-order valence-corrected chi connectivity index (χ4v) is 3.55.